The van der Waals surface area contributed by atoms with E-state index in [1.807, 2.05) is 0 Å². The van der Waals surface area contributed by atoms with Gasteiger partial charge in [-0.25, -0.2) is 0 Å². The van der Waals surface area contributed by atoms with E-state index in [2.05, 4.69) is 10.6 Å². The van der Waals surface area contributed by atoms with Gasteiger partial charge in [-0.15, -0.1) is 0 Å². The molecule has 2 aliphatic heterocycles. The Labute approximate surface area is 173 Å². The van der Waals surface area contributed by atoms with Crippen molar-refractivity contribution in [2.45, 2.75) is 68.3 Å². The van der Waals surface area contributed by atoms with Gasteiger partial charge in [0, 0.05) is 27.7 Å². The number of aliphatic hydroxyl groups excluding tert-OH is 4. The van der Waals surface area contributed by atoms with Crippen molar-refractivity contribution in [3.05, 3.63) is 0 Å². The molecule has 0 aliphatic carbocycles. The van der Waals surface area contributed by atoms with E-state index in [0.29, 0.717) is 6.41 Å². The summed E-state index contributed by atoms with van der Waals surface area (Å²) in [5, 5.41) is 45.6. The van der Waals surface area contributed by atoms with Crippen LogP contribution in [0.5, 0.6) is 0 Å². The standard InChI is InChI=1S/C17H30N2O11/c1-7(22)19-10-12(24)14(8(4-18-6-21)28-16(10)27-3)30-17-15(26-2)13(25)11(23)9(5-20)29-17/h6,8-17,20,23-25H,4-5H2,1-3H3,(H,18,21)(H,19,22)/t8-,9-,10-,11+,12-,13+,14-,15-,16-,17+/m1/s1. The lowest BCUT2D eigenvalue weighted by Crippen LogP contribution is -2.68. The van der Waals surface area contributed by atoms with Crippen LogP contribution in [0.25, 0.3) is 0 Å². The first kappa shape index (κ1) is 24.8. The molecule has 0 aromatic heterocycles. The average Bonchev–Trinajstić information content (AvgIpc) is 2.72. The van der Waals surface area contributed by atoms with E-state index in [9.17, 15) is 30.0 Å². The first-order valence-electron chi connectivity index (χ1n) is 9.40. The highest BCUT2D eigenvalue weighted by Crippen LogP contribution is 2.30. The Morgan fingerprint density at radius 2 is 1.67 bits per heavy atom. The van der Waals surface area contributed by atoms with Crippen molar-refractivity contribution < 1.29 is 53.7 Å². The maximum absolute atomic E-state index is 11.6. The molecule has 0 radical (unpaired) electrons. The lowest BCUT2D eigenvalue weighted by atomic mass is 9.95. The predicted molar refractivity (Wildman–Crippen MR) is 96.8 cm³/mol. The Morgan fingerprint density at radius 1 is 1.00 bits per heavy atom. The molecule has 174 valence electrons. The van der Waals surface area contributed by atoms with E-state index < -0.39 is 73.9 Å². The molecule has 0 saturated carbocycles. The van der Waals surface area contributed by atoms with Crippen molar-refractivity contribution in [3.8, 4) is 0 Å². The van der Waals surface area contributed by atoms with Crippen LogP contribution >= 0.6 is 0 Å². The minimum Gasteiger partial charge on any atom is -0.394 e. The fourth-order valence-electron chi connectivity index (χ4n) is 3.58. The van der Waals surface area contributed by atoms with Gasteiger partial charge in [-0.1, -0.05) is 0 Å². The number of hydrogen-bond donors (Lipinski definition) is 6. The lowest BCUT2D eigenvalue weighted by Gasteiger charge is -2.47. The number of carbonyl (C=O) groups is 2. The zero-order valence-corrected chi connectivity index (χ0v) is 16.9. The summed E-state index contributed by atoms with van der Waals surface area (Å²) in [5.41, 5.74) is 0. The highest BCUT2D eigenvalue weighted by Gasteiger charge is 2.51. The van der Waals surface area contributed by atoms with Crippen molar-refractivity contribution >= 4 is 12.3 Å². The average molecular weight is 438 g/mol. The smallest absolute Gasteiger partial charge is 0.217 e. The van der Waals surface area contributed by atoms with Crippen molar-refractivity contribution in [1.82, 2.24) is 10.6 Å². The number of ether oxygens (including phenoxy) is 5. The van der Waals surface area contributed by atoms with Crippen molar-refractivity contribution in [2.24, 2.45) is 0 Å². The number of aliphatic hydroxyl groups is 4. The van der Waals surface area contributed by atoms with Crippen molar-refractivity contribution in [1.29, 1.82) is 0 Å². The van der Waals surface area contributed by atoms with Crippen LogP contribution in [0.4, 0.5) is 0 Å². The van der Waals surface area contributed by atoms with Crippen LogP contribution in [-0.4, -0.2) is 121 Å². The third-order valence-electron chi connectivity index (χ3n) is 5.07. The van der Waals surface area contributed by atoms with E-state index in [-0.39, 0.29) is 6.54 Å². The molecule has 2 saturated heterocycles. The second-order valence-electron chi connectivity index (χ2n) is 7.03. The van der Waals surface area contributed by atoms with Crippen LogP contribution < -0.4 is 10.6 Å². The van der Waals surface area contributed by atoms with Crippen molar-refractivity contribution in [2.75, 3.05) is 27.4 Å². The van der Waals surface area contributed by atoms with Gasteiger partial charge < -0.3 is 54.7 Å². The third-order valence-corrected chi connectivity index (χ3v) is 5.07. The number of rotatable bonds is 9. The van der Waals surface area contributed by atoms with Crippen LogP contribution in [0.3, 0.4) is 0 Å². The molecule has 30 heavy (non-hydrogen) atoms. The fraction of sp³-hybridized carbons (Fsp3) is 0.882. The van der Waals surface area contributed by atoms with Gasteiger partial charge in [-0.2, -0.15) is 0 Å². The number of nitrogens with one attached hydrogen (secondary N) is 2. The first-order chi connectivity index (χ1) is 14.3. The third kappa shape index (κ3) is 5.43. The zero-order valence-electron chi connectivity index (χ0n) is 16.9. The van der Waals surface area contributed by atoms with Gasteiger partial charge in [0.1, 0.15) is 48.8 Å². The highest BCUT2D eigenvalue weighted by molar-refractivity contribution is 5.73. The van der Waals surface area contributed by atoms with E-state index in [4.69, 9.17) is 23.7 Å². The first-order valence-corrected chi connectivity index (χ1v) is 9.40. The Bertz CT molecular complexity index is 568. The highest BCUT2D eigenvalue weighted by atomic mass is 16.7. The number of hydrogen-bond acceptors (Lipinski definition) is 11. The molecule has 13 nitrogen and oxygen atoms in total. The summed E-state index contributed by atoms with van der Waals surface area (Å²) in [7, 11) is 2.59. The van der Waals surface area contributed by atoms with Crippen molar-refractivity contribution in [3.63, 3.8) is 0 Å². The van der Waals surface area contributed by atoms with E-state index in [1.54, 1.807) is 0 Å². The SMILES string of the molecule is CO[C@@H]1O[C@H](CNC=O)[C@@H](O[C@@H]2O[C@H](CO)[C@H](O)[C@H](O)[C@H]2OC)[C@H](O)[C@H]1NC(C)=O. The Morgan fingerprint density at radius 3 is 2.20 bits per heavy atom. The van der Waals surface area contributed by atoms with E-state index >= 15 is 0 Å². The molecular weight excluding hydrogens is 408 g/mol. The molecule has 2 aliphatic rings. The van der Waals surface area contributed by atoms with Gasteiger partial charge in [0.15, 0.2) is 12.6 Å². The predicted octanol–water partition coefficient (Wildman–Crippen LogP) is -4.19. The molecule has 13 heteroatoms. The molecule has 2 rings (SSSR count). The van der Waals surface area contributed by atoms with Gasteiger partial charge in [0.2, 0.25) is 12.3 Å². The molecule has 0 bridgehead atoms. The molecule has 0 aromatic carbocycles. The molecule has 2 fully saturated rings. The summed E-state index contributed by atoms with van der Waals surface area (Å²) < 4.78 is 27.5. The summed E-state index contributed by atoms with van der Waals surface area (Å²) in [6, 6.07) is -1.02. The number of carbonyl (C=O) groups excluding carboxylic acids is 2. The Balaban J connectivity index is 2.28. The topological polar surface area (TPSA) is 185 Å². The molecule has 0 spiro atoms. The largest absolute Gasteiger partial charge is 0.394 e. The molecule has 0 unspecified atom stereocenters. The van der Waals surface area contributed by atoms with Gasteiger partial charge in [-0.05, 0) is 0 Å². The quantitative estimate of drug-likeness (QED) is 0.192. The molecule has 2 amide bonds. The van der Waals surface area contributed by atoms with Crippen LogP contribution in [0.2, 0.25) is 0 Å². The normalized spacial score (nSPS) is 41.8. The molecule has 0 aromatic rings. The maximum Gasteiger partial charge on any atom is 0.217 e. The van der Waals surface area contributed by atoms with Crippen LogP contribution in [0, 0.1) is 0 Å². The maximum atomic E-state index is 11.6. The minimum atomic E-state index is -1.45. The van der Waals surface area contributed by atoms with E-state index in [0.717, 1.165) is 0 Å². The monoisotopic (exact) mass is 438 g/mol. The van der Waals surface area contributed by atoms with Crippen LogP contribution in [-0.2, 0) is 33.3 Å². The fourth-order valence-corrected chi connectivity index (χ4v) is 3.58. The molecular formula is C17H30N2O11. The summed E-state index contributed by atoms with van der Waals surface area (Å²) >= 11 is 0. The summed E-state index contributed by atoms with van der Waals surface area (Å²) in [6.45, 7) is 0.579. The Hall–Kier alpha value is -1.42. The molecule has 10 atom stereocenters. The van der Waals surface area contributed by atoms with Gasteiger partial charge in [-0.3, -0.25) is 9.59 Å². The lowest BCUT2D eigenvalue weighted by molar-refractivity contribution is -0.346. The summed E-state index contributed by atoms with van der Waals surface area (Å²) in [4.78, 5) is 22.3. The van der Waals surface area contributed by atoms with Crippen LogP contribution in [0.15, 0.2) is 0 Å². The van der Waals surface area contributed by atoms with Gasteiger partial charge in [0.25, 0.3) is 0 Å². The van der Waals surface area contributed by atoms with E-state index in [1.165, 1.54) is 21.1 Å². The summed E-state index contributed by atoms with van der Waals surface area (Å²) in [6.07, 6.45) is -10.6. The molecule has 2 heterocycles. The minimum absolute atomic E-state index is 0.0726. The zero-order chi connectivity index (χ0) is 22.4. The number of amides is 2. The van der Waals surface area contributed by atoms with Gasteiger partial charge >= 0.3 is 0 Å². The second-order valence-corrected chi connectivity index (χ2v) is 7.03. The second kappa shape index (κ2) is 11.3. The van der Waals surface area contributed by atoms with Gasteiger partial charge in [0.05, 0.1) is 6.61 Å². The van der Waals surface area contributed by atoms with Crippen LogP contribution in [0.1, 0.15) is 6.92 Å². The summed E-state index contributed by atoms with van der Waals surface area (Å²) in [5.74, 6) is -0.449. The Kier molecular flexibility index (Phi) is 9.33. The number of methoxy groups -OCH3 is 2. The molecule has 6 N–H and O–H groups in total.